The molecule has 132 valence electrons. The minimum atomic E-state index is -1.42. The van der Waals surface area contributed by atoms with E-state index in [1.807, 2.05) is 20.8 Å². The molecule has 3 unspecified atom stereocenters. The highest BCUT2D eigenvalue weighted by Gasteiger charge is 2.48. The molecular formula is C19H27NO4. The molecule has 0 heterocycles. The van der Waals surface area contributed by atoms with Crippen molar-refractivity contribution in [3.63, 3.8) is 0 Å². The fraction of sp³-hybridized carbons (Fsp3) is 0.579. The maximum atomic E-state index is 12.6. The average molecular weight is 333 g/mol. The van der Waals surface area contributed by atoms with E-state index in [1.165, 1.54) is 24.3 Å². The highest BCUT2D eigenvalue weighted by Crippen LogP contribution is 2.41. The first kappa shape index (κ1) is 18.5. The van der Waals surface area contributed by atoms with Crippen LogP contribution in [0.4, 0.5) is 0 Å². The van der Waals surface area contributed by atoms with E-state index in [0.29, 0.717) is 12.0 Å². The molecule has 0 saturated heterocycles. The van der Waals surface area contributed by atoms with Crippen LogP contribution in [0.5, 0.6) is 5.75 Å². The lowest BCUT2D eigenvalue weighted by Crippen LogP contribution is -2.56. The molecule has 1 aliphatic rings. The Balaban J connectivity index is 2.04. The third-order valence-electron chi connectivity index (χ3n) is 5.04. The number of aromatic hydroxyl groups is 1. The number of benzene rings is 1. The first-order chi connectivity index (χ1) is 11.2. The molecule has 0 bridgehead atoms. The van der Waals surface area contributed by atoms with Crippen LogP contribution >= 0.6 is 0 Å². The summed E-state index contributed by atoms with van der Waals surface area (Å²) in [6, 6.07) is 5.89. The third kappa shape index (κ3) is 3.96. The van der Waals surface area contributed by atoms with E-state index < -0.39 is 11.5 Å². The molecule has 1 aromatic carbocycles. The Labute approximate surface area is 143 Å². The van der Waals surface area contributed by atoms with Gasteiger partial charge in [0.25, 0.3) is 5.91 Å². The maximum Gasteiger partial charge on any atom is 0.252 e. The molecule has 1 aliphatic carbocycles. The summed E-state index contributed by atoms with van der Waals surface area (Å²) in [6.45, 7) is 5.91. The highest BCUT2D eigenvalue weighted by atomic mass is 16.3. The molecule has 1 fully saturated rings. The van der Waals surface area contributed by atoms with Gasteiger partial charge in [-0.1, -0.05) is 27.2 Å². The number of phenolic OH excluding ortho intramolecular Hbond substituents is 1. The Kier molecular flexibility index (Phi) is 5.65. The Bertz CT molecular complexity index is 596. The number of hydrogen-bond donors (Lipinski definition) is 3. The summed E-state index contributed by atoms with van der Waals surface area (Å²) in [5.41, 5.74) is -1.00. The molecule has 0 spiro atoms. The summed E-state index contributed by atoms with van der Waals surface area (Å²) >= 11 is 0. The topological polar surface area (TPSA) is 86.6 Å². The summed E-state index contributed by atoms with van der Waals surface area (Å²) < 4.78 is 0. The first-order valence-electron chi connectivity index (χ1n) is 8.57. The van der Waals surface area contributed by atoms with Gasteiger partial charge < -0.3 is 15.5 Å². The van der Waals surface area contributed by atoms with Gasteiger partial charge in [0.1, 0.15) is 11.4 Å². The smallest absolute Gasteiger partial charge is 0.252 e. The molecule has 3 atom stereocenters. The Morgan fingerprint density at radius 3 is 2.46 bits per heavy atom. The lowest BCUT2D eigenvalue weighted by molar-refractivity contribution is -0.155. The van der Waals surface area contributed by atoms with Crippen LogP contribution in [0, 0.1) is 17.8 Å². The van der Waals surface area contributed by atoms with Gasteiger partial charge in [-0.25, -0.2) is 0 Å². The molecule has 1 saturated carbocycles. The van der Waals surface area contributed by atoms with Crippen LogP contribution in [-0.2, 0) is 4.79 Å². The van der Waals surface area contributed by atoms with Crippen molar-refractivity contribution in [2.75, 3.05) is 6.54 Å². The van der Waals surface area contributed by atoms with Crippen LogP contribution in [0.25, 0.3) is 0 Å². The quantitative estimate of drug-likeness (QED) is 0.723. The van der Waals surface area contributed by atoms with Crippen molar-refractivity contribution in [2.24, 2.45) is 17.8 Å². The molecule has 5 nitrogen and oxygen atoms in total. The Morgan fingerprint density at radius 1 is 1.25 bits per heavy atom. The minimum absolute atomic E-state index is 0.0841. The second kappa shape index (κ2) is 7.34. The lowest BCUT2D eigenvalue weighted by Gasteiger charge is -2.43. The van der Waals surface area contributed by atoms with E-state index in [4.69, 9.17) is 0 Å². The number of carbonyl (C=O) groups is 2. The molecule has 0 aliphatic heterocycles. The zero-order valence-electron chi connectivity index (χ0n) is 14.6. The SMILES string of the molecule is CC1CCC(C(C)C)C(O)(C(=O)NCC(=O)c2ccc(O)cc2)C1. The van der Waals surface area contributed by atoms with Crippen molar-refractivity contribution < 1.29 is 19.8 Å². The maximum absolute atomic E-state index is 12.6. The number of nitrogens with one attached hydrogen (secondary N) is 1. The van der Waals surface area contributed by atoms with Gasteiger partial charge in [0, 0.05) is 5.56 Å². The Morgan fingerprint density at radius 2 is 1.88 bits per heavy atom. The van der Waals surface area contributed by atoms with Crippen molar-refractivity contribution in [1.29, 1.82) is 0 Å². The molecular weight excluding hydrogens is 306 g/mol. The van der Waals surface area contributed by atoms with Crippen molar-refractivity contribution in [1.82, 2.24) is 5.32 Å². The standard InChI is InChI=1S/C19H27NO4/c1-12(2)16-9-4-13(3)10-19(16,24)18(23)20-11-17(22)14-5-7-15(21)8-6-14/h5-8,12-13,16,21,24H,4,9-11H2,1-3H3,(H,20,23). The van der Waals surface area contributed by atoms with Gasteiger partial charge in [0.2, 0.25) is 0 Å². The van der Waals surface area contributed by atoms with E-state index in [0.717, 1.165) is 12.8 Å². The number of phenols is 1. The molecule has 24 heavy (non-hydrogen) atoms. The van der Waals surface area contributed by atoms with Gasteiger partial charge in [-0.15, -0.1) is 0 Å². The van der Waals surface area contributed by atoms with Gasteiger partial charge in [-0.05, 0) is 54.9 Å². The highest BCUT2D eigenvalue weighted by molar-refractivity contribution is 6.00. The second-order valence-corrected chi connectivity index (χ2v) is 7.31. The summed E-state index contributed by atoms with van der Waals surface area (Å²) in [6.07, 6.45) is 2.24. The lowest BCUT2D eigenvalue weighted by atomic mass is 9.66. The zero-order valence-corrected chi connectivity index (χ0v) is 14.6. The van der Waals surface area contributed by atoms with Crippen LogP contribution in [0.15, 0.2) is 24.3 Å². The average Bonchev–Trinajstić information content (AvgIpc) is 2.52. The summed E-state index contributed by atoms with van der Waals surface area (Å²) in [7, 11) is 0. The van der Waals surface area contributed by atoms with Crippen LogP contribution < -0.4 is 5.32 Å². The van der Waals surface area contributed by atoms with Crippen molar-refractivity contribution in [3.8, 4) is 5.75 Å². The molecule has 0 radical (unpaired) electrons. The molecule has 1 aromatic rings. The number of rotatable bonds is 5. The summed E-state index contributed by atoms with van der Waals surface area (Å²) in [5, 5.41) is 22.9. The van der Waals surface area contributed by atoms with Gasteiger partial charge in [-0.2, -0.15) is 0 Å². The predicted molar refractivity (Wildman–Crippen MR) is 91.7 cm³/mol. The van der Waals surface area contributed by atoms with Gasteiger partial charge in [0.05, 0.1) is 6.54 Å². The number of carbonyl (C=O) groups excluding carboxylic acids is 2. The molecule has 1 amide bonds. The first-order valence-corrected chi connectivity index (χ1v) is 8.57. The van der Waals surface area contributed by atoms with Gasteiger partial charge in [0.15, 0.2) is 5.78 Å². The molecule has 0 aromatic heterocycles. The fourth-order valence-corrected chi connectivity index (χ4v) is 3.70. The Hall–Kier alpha value is -1.88. The van der Waals surface area contributed by atoms with Crippen LogP contribution in [0.2, 0.25) is 0 Å². The molecule has 3 N–H and O–H groups in total. The number of amides is 1. The van der Waals surface area contributed by atoms with E-state index in [9.17, 15) is 19.8 Å². The largest absolute Gasteiger partial charge is 0.508 e. The molecule has 2 rings (SSSR count). The van der Waals surface area contributed by atoms with Crippen molar-refractivity contribution in [3.05, 3.63) is 29.8 Å². The van der Waals surface area contributed by atoms with Crippen LogP contribution in [0.3, 0.4) is 0 Å². The minimum Gasteiger partial charge on any atom is -0.508 e. The summed E-state index contributed by atoms with van der Waals surface area (Å²) in [4.78, 5) is 24.8. The van der Waals surface area contributed by atoms with E-state index in [2.05, 4.69) is 5.32 Å². The zero-order chi connectivity index (χ0) is 17.9. The second-order valence-electron chi connectivity index (χ2n) is 7.31. The number of ketones is 1. The van der Waals surface area contributed by atoms with Crippen molar-refractivity contribution in [2.45, 2.75) is 45.6 Å². The van der Waals surface area contributed by atoms with Crippen molar-refractivity contribution >= 4 is 11.7 Å². The monoisotopic (exact) mass is 333 g/mol. The van der Waals surface area contributed by atoms with Crippen LogP contribution in [0.1, 0.15) is 50.4 Å². The third-order valence-corrected chi connectivity index (χ3v) is 5.04. The number of hydrogen-bond acceptors (Lipinski definition) is 4. The number of aliphatic hydroxyl groups is 1. The predicted octanol–water partition coefficient (Wildman–Crippen LogP) is 2.51. The number of Topliss-reactive ketones (excluding diaryl/α,β-unsaturated/α-hetero) is 1. The normalized spacial score (nSPS) is 27.0. The fourth-order valence-electron chi connectivity index (χ4n) is 3.70. The van der Waals surface area contributed by atoms with E-state index in [-0.39, 0.29) is 35.8 Å². The summed E-state index contributed by atoms with van der Waals surface area (Å²) in [5.74, 6) is -0.250. The molecule has 5 heteroatoms. The van der Waals surface area contributed by atoms with Crippen LogP contribution in [-0.4, -0.2) is 34.0 Å². The van der Waals surface area contributed by atoms with Gasteiger partial charge in [-0.3, -0.25) is 9.59 Å². The van der Waals surface area contributed by atoms with E-state index in [1.54, 1.807) is 0 Å². The van der Waals surface area contributed by atoms with Gasteiger partial charge >= 0.3 is 0 Å². The van der Waals surface area contributed by atoms with E-state index >= 15 is 0 Å².